The Kier molecular flexibility index (Phi) is 44.3. The summed E-state index contributed by atoms with van der Waals surface area (Å²) in [6.07, 6.45) is -11.3. The Bertz CT molecular complexity index is 3100. The number of aromatic nitrogens is 3. The average Bonchev–Trinajstić information content (AvgIpc) is 0.803. The van der Waals surface area contributed by atoms with E-state index in [4.69, 9.17) is 43.4 Å². The first-order valence-corrected chi connectivity index (χ1v) is 39.8. The van der Waals surface area contributed by atoms with E-state index in [1.54, 1.807) is 9.80 Å². The summed E-state index contributed by atoms with van der Waals surface area (Å²) < 4.78 is 33.9. The summed E-state index contributed by atoms with van der Waals surface area (Å²) in [5, 5.41) is 119. The molecule has 19 N–H and O–H groups in total. The van der Waals surface area contributed by atoms with Gasteiger partial charge >= 0.3 is 0 Å². The van der Waals surface area contributed by atoms with Gasteiger partial charge < -0.3 is 142 Å². The summed E-state index contributed by atoms with van der Waals surface area (Å²) in [5.74, 6) is -3.09. The lowest BCUT2D eigenvalue weighted by atomic mass is 9.88. The average molecular weight is 1640 g/mol. The molecule has 4 aliphatic rings. The third kappa shape index (κ3) is 35.5. The molecule has 1 aromatic rings. The second-order valence-corrected chi connectivity index (χ2v) is 29.8. The van der Waals surface area contributed by atoms with Crippen molar-refractivity contribution in [2.75, 3.05) is 140 Å². The number of amides is 10. The monoisotopic (exact) mass is 1640 g/mol. The highest BCUT2D eigenvalue weighted by Crippen LogP contribution is 2.27. The van der Waals surface area contributed by atoms with E-state index in [1.165, 1.54) is 20.8 Å². The zero-order chi connectivity index (χ0) is 84.6. The molecule has 10 amide bonds. The number of piperazine rings is 1. The summed E-state index contributed by atoms with van der Waals surface area (Å²) in [6, 6.07) is -3.30. The highest BCUT2D eigenvalue weighted by atomic mass is 16.7. The molecule has 42 heteroatoms. The molecular formula is C73H126N16O26. The Balaban J connectivity index is 1.17. The Morgan fingerprint density at radius 3 is 1.10 bits per heavy atom. The number of hydrogen-bond acceptors (Lipinski definition) is 32. The van der Waals surface area contributed by atoms with Gasteiger partial charge in [0.25, 0.3) is 0 Å². The van der Waals surface area contributed by atoms with Crippen LogP contribution < -0.4 is 63.0 Å². The number of anilines is 3. The van der Waals surface area contributed by atoms with Crippen molar-refractivity contribution in [1.82, 2.24) is 67.7 Å². The maximum absolute atomic E-state index is 13.6. The zero-order valence-corrected chi connectivity index (χ0v) is 67.0. The predicted octanol–water partition coefficient (Wildman–Crippen LogP) is -6.05. The van der Waals surface area contributed by atoms with Gasteiger partial charge in [0.1, 0.15) is 78.8 Å². The number of nitrogens with one attached hydrogen (secondary N) is 10. The molecule has 115 heavy (non-hydrogen) atoms. The Morgan fingerprint density at radius 1 is 0.417 bits per heavy atom. The van der Waals surface area contributed by atoms with Gasteiger partial charge in [-0.1, -0.05) is 20.8 Å². The first kappa shape index (κ1) is 97.8. The minimum atomic E-state index is -1.47. The summed E-state index contributed by atoms with van der Waals surface area (Å²) in [6.45, 7) is 10.1. The molecule has 4 saturated heterocycles. The summed E-state index contributed by atoms with van der Waals surface area (Å²) in [5.41, 5.74) is -0.534. The number of rotatable bonds is 52. The molecule has 0 aromatic carbocycles. The summed E-state index contributed by atoms with van der Waals surface area (Å²) in [4.78, 5) is 159. The third-order valence-electron chi connectivity index (χ3n) is 19.3. The Hall–Kier alpha value is -7.82. The normalized spacial score (nSPS) is 24.2. The molecule has 0 radical (unpaired) electrons. The van der Waals surface area contributed by atoms with Crippen LogP contribution in [0.25, 0.3) is 0 Å². The van der Waals surface area contributed by atoms with Crippen LogP contribution in [0.3, 0.4) is 0 Å². The number of hydrogen-bond donors (Lipinski definition) is 19. The number of Topliss-reactive ketones (excluding diaryl/α,β-unsaturated/α-hetero) is 1. The fourth-order valence-electron chi connectivity index (χ4n) is 12.6. The van der Waals surface area contributed by atoms with E-state index < -0.39 is 135 Å². The van der Waals surface area contributed by atoms with Crippen molar-refractivity contribution in [3.05, 3.63) is 0 Å². The van der Waals surface area contributed by atoms with Crippen molar-refractivity contribution < 1.29 is 127 Å². The second-order valence-electron chi connectivity index (χ2n) is 29.8. The number of aliphatic hydroxyl groups is 9. The minimum Gasteiger partial charge on any atom is -0.394 e. The van der Waals surface area contributed by atoms with E-state index in [0.29, 0.717) is 90.4 Å². The molecule has 4 aliphatic heterocycles. The standard InChI is InChI=1S/C73H126N16O26/c1-44(93)81-58-64(107)61(104)47(41-90)113-67(58)110-38-10-7-18-51(97)74-25-14-28-77-54(100)22-31-80-70-84-71(86-72(85-70)89-36-34-87(35-37-89)57(103)21-13-17-50(96)73(4,5)6)88(32-23-55(101)78-29-15-26-75-52(98)19-8-11-39-111-68-59(82-45(2)94)65(108)62(105)48(42-91)114-68)33-24-56(102)79-30-16-27-76-53(99)20-9-12-40-112-69-60(83-46(3)95)66(109)63(106)49(43-92)115-69/h47-49,58-69,90-92,104-109H,7-43H2,1-6H3,(H,74,97)(H,75,98)(H,76,99)(H,77,100)(H,78,101)(H,79,102)(H,81,93)(H,82,94)(H,83,95)(H,80,84,85,86). The first-order valence-electron chi connectivity index (χ1n) is 39.8. The van der Waals surface area contributed by atoms with Gasteiger partial charge in [0, 0.05) is 182 Å². The molecule has 15 unspecified atom stereocenters. The van der Waals surface area contributed by atoms with Crippen LogP contribution in [0.5, 0.6) is 0 Å². The number of ketones is 1. The fraction of sp³-hybridized carbons (Fsp3) is 0.808. The van der Waals surface area contributed by atoms with Crippen LogP contribution in [0, 0.1) is 5.41 Å². The molecule has 654 valence electrons. The first-order chi connectivity index (χ1) is 54.8. The van der Waals surface area contributed by atoms with Gasteiger partial charge in [-0.2, -0.15) is 15.0 Å². The van der Waals surface area contributed by atoms with Gasteiger partial charge in [-0.15, -0.1) is 0 Å². The van der Waals surface area contributed by atoms with Crippen molar-refractivity contribution in [1.29, 1.82) is 0 Å². The molecule has 15 atom stereocenters. The van der Waals surface area contributed by atoms with Gasteiger partial charge in [-0.05, 0) is 64.2 Å². The van der Waals surface area contributed by atoms with E-state index in [2.05, 4.69) is 53.2 Å². The number of nitrogens with zero attached hydrogens (tertiary/aromatic N) is 6. The minimum absolute atomic E-state index is 0.0155. The van der Waals surface area contributed by atoms with Crippen molar-refractivity contribution in [3.63, 3.8) is 0 Å². The molecule has 0 bridgehead atoms. The highest BCUT2D eigenvalue weighted by Gasteiger charge is 2.48. The van der Waals surface area contributed by atoms with Crippen LogP contribution in [0.2, 0.25) is 0 Å². The van der Waals surface area contributed by atoms with Crippen LogP contribution in [0.15, 0.2) is 0 Å². The number of aliphatic hydroxyl groups excluding tert-OH is 9. The SMILES string of the molecule is CC(=O)NC1C(OCCCCC(=O)NCCCNC(=O)CCNc2nc(N(CCC(=O)NCCCNC(=O)CCCCOC3OC(CO)C(O)C(O)C3NC(C)=O)CCC(=O)NCCCNC(=O)CCCCOC3OC(CO)C(O)C(O)C3NC(C)=O)nc(N3CCN(C(=O)CCCC(=O)C(C)(C)C)CC3)n2)OC(CO)C(O)C1O. The van der Waals surface area contributed by atoms with E-state index in [9.17, 15) is 98.7 Å². The largest absolute Gasteiger partial charge is 0.394 e. The van der Waals surface area contributed by atoms with Crippen LogP contribution >= 0.6 is 0 Å². The van der Waals surface area contributed by atoms with Crippen LogP contribution in [-0.4, -0.2) is 347 Å². The molecule has 5 heterocycles. The van der Waals surface area contributed by atoms with E-state index >= 15 is 0 Å². The maximum Gasteiger partial charge on any atom is 0.232 e. The van der Waals surface area contributed by atoms with Gasteiger partial charge in [0.2, 0.25) is 76.9 Å². The smallest absolute Gasteiger partial charge is 0.232 e. The van der Waals surface area contributed by atoms with Crippen molar-refractivity contribution >= 4 is 82.7 Å². The van der Waals surface area contributed by atoms with Gasteiger partial charge in [-0.3, -0.25) is 52.7 Å². The van der Waals surface area contributed by atoms with Crippen LogP contribution in [0.1, 0.15) is 157 Å². The zero-order valence-electron chi connectivity index (χ0n) is 67.0. The second kappa shape index (κ2) is 52.1. The maximum atomic E-state index is 13.6. The molecule has 4 fully saturated rings. The number of carbonyl (C=O) groups is 11. The van der Waals surface area contributed by atoms with Gasteiger partial charge in [-0.25, -0.2) is 0 Å². The number of carbonyl (C=O) groups excluding carboxylic acids is 11. The lowest BCUT2D eigenvalue weighted by Crippen LogP contribution is -2.64. The van der Waals surface area contributed by atoms with Crippen molar-refractivity contribution in [2.24, 2.45) is 5.41 Å². The van der Waals surface area contributed by atoms with Crippen molar-refractivity contribution in [2.45, 2.75) is 249 Å². The fourth-order valence-corrected chi connectivity index (χ4v) is 12.6. The summed E-state index contributed by atoms with van der Waals surface area (Å²) >= 11 is 0. The highest BCUT2D eigenvalue weighted by molar-refractivity contribution is 5.85. The van der Waals surface area contributed by atoms with Crippen molar-refractivity contribution in [3.8, 4) is 0 Å². The number of ether oxygens (including phenoxy) is 6. The lowest BCUT2D eigenvalue weighted by Gasteiger charge is -2.42. The van der Waals surface area contributed by atoms with E-state index in [0.717, 1.165) is 0 Å². The van der Waals surface area contributed by atoms with Crippen LogP contribution in [-0.2, 0) is 81.2 Å². The molecule has 5 rings (SSSR count). The van der Waals surface area contributed by atoms with Gasteiger partial charge in [0.05, 0.1) is 19.8 Å². The molecule has 0 aliphatic carbocycles. The van der Waals surface area contributed by atoms with Crippen LogP contribution in [0.4, 0.5) is 17.8 Å². The van der Waals surface area contributed by atoms with Gasteiger partial charge in [0.15, 0.2) is 18.9 Å². The lowest BCUT2D eigenvalue weighted by molar-refractivity contribution is -0.270. The summed E-state index contributed by atoms with van der Waals surface area (Å²) in [7, 11) is 0. The molecule has 1 aromatic heterocycles. The molecular weight excluding hydrogens is 1520 g/mol. The number of unbranched alkanes of at least 4 members (excludes halogenated alkanes) is 3. The predicted molar refractivity (Wildman–Crippen MR) is 409 cm³/mol. The quantitative estimate of drug-likeness (QED) is 0.0270. The van der Waals surface area contributed by atoms with E-state index in [-0.39, 0.29) is 195 Å². The molecule has 42 nitrogen and oxygen atoms in total. The Morgan fingerprint density at radius 2 is 0.765 bits per heavy atom. The Labute approximate surface area is 669 Å². The molecule has 0 spiro atoms. The van der Waals surface area contributed by atoms with E-state index in [1.807, 2.05) is 25.7 Å². The topological polar surface area (TPSA) is 594 Å². The molecule has 0 saturated carbocycles. The third-order valence-corrected chi connectivity index (χ3v) is 19.3.